The topological polar surface area (TPSA) is 23.6 Å². The van der Waals surface area contributed by atoms with Crippen molar-refractivity contribution in [1.29, 1.82) is 0 Å². The Labute approximate surface area is 127 Å². The fourth-order valence-corrected chi connectivity index (χ4v) is 3.55. The Bertz CT molecular complexity index is 576. The molecular formula is C18H24N2O. The van der Waals surface area contributed by atoms with E-state index < -0.39 is 0 Å². The molecule has 0 aromatic heterocycles. The first-order chi connectivity index (χ1) is 10.0. The van der Waals surface area contributed by atoms with Crippen LogP contribution in [0, 0.1) is 11.8 Å². The first-order valence-corrected chi connectivity index (χ1v) is 7.77. The highest BCUT2D eigenvalue weighted by molar-refractivity contribution is 5.95. The van der Waals surface area contributed by atoms with Crippen LogP contribution in [-0.4, -0.2) is 38.0 Å². The Morgan fingerprint density at radius 2 is 2.00 bits per heavy atom. The number of anilines is 1. The van der Waals surface area contributed by atoms with Gasteiger partial charge in [-0.2, -0.15) is 0 Å². The SMILES string of the molecule is CC1=CCC2CN(C(=O)c3cccc(N(C)C)c3)CC2C1. The zero-order chi connectivity index (χ0) is 15.0. The second-order valence-electron chi connectivity index (χ2n) is 6.67. The maximum Gasteiger partial charge on any atom is 0.253 e. The molecule has 0 N–H and O–H groups in total. The van der Waals surface area contributed by atoms with Crippen LogP contribution in [-0.2, 0) is 0 Å². The van der Waals surface area contributed by atoms with E-state index in [-0.39, 0.29) is 5.91 Å². The van der Waals surface area contributed by atoms with Crippen LogP contribution >= 0.6 is 0 Å². The van der Waals surface area contributed by atoms with Crippen LogP contribution in [0.5, 0.6) is 0 Å². The molecule has 0 radical (unpaired) electrons. The van der Waals surface area contributed by atoms with Crippen molar-refractivity contribution in [1.82, 2.24) is 4.90 Å². The molecule has 112 valence electrons. The van der Waals surface area contributed by atoms with Crippen molar-refractivity contribution in [3.05, 3.63) is 41.5 Å². The highest BCUT2D eigenvalue weighted by Gasteiger charge is 2.36. The molecule has 1 aliphatic heterocycles. The largest absolute Gasteiger partial charge is 0.378 e. The first-order valence-electron chi connectivity index (χ1n) is 7.77. The van der Waals surface area contributed by atoms with Gasteiger partial charge >= 0.3 is 0 Å². The third-order valence-electron chi connectivity index (χ3n) is 4.83. The third-order valence-corrected chi connectivity index (χ3v) is 4.83. The van der Waals surface area contributed by atoms with Gasteiger partial charge in [0.1, 0.15) is 0 Å². The summed E-state index contributed by atoms with van der Waals surface area (Å²) in [4.78, 5) is 16.8. The van der Waals surface area contributed by atoms with Crippen LogP contribution in [0.15, 0.2) is 35.9 Å². The van der Waals surface area contributed by atoms with Crippen molar-refractivity contribution in [2.75, 3.05) is 32.1 Å². The molecule has 0 spiro atoms. The van der Waals surface area contributed by atoms with E-state index in [1.165, 1.54) is 5.57 Å². The first kappa shape index (κ1) is 14.2. The van der Waals surface area contributed by atoms with Crippen LogP contribution < -0.4 is 4.90 Å². The number of benzene rings is 1. The van der Waals surface area contributed by atoms with E-state index in [1.807, 2.05) is 43.3 Å². The molecule has 2 aliphatic rings. The summed E-state index contributed by atoms with van der Waals surface area (Å²) in [6.07, 6.45) is 4.64. The molecule has 2 atom stereocenters. The average Bonchev–Trinajstić information content (AvgIpc) is 2.89. The van der Waals surface area contributed by atoms with Crippen molar-refractivity contribution in [3.8, 4) is 0 Å². The van der Waals surface area contributed by atoms with Gasteiger partial charge in [-0.1, -0.05) is 17.7 Å². The van der Waals surface area contributed by atoms with Crippen LogP contribution in [0.1, 0.15) is 30.1 Å². The molecule has 3 heteroatoms. The quantitative estimate of drug-likeness (QED) is 0.779. The standard InChI is InChI=1S/C18H24N2O/c1-13-7-8-15-11-20(12-16(15)9-13)18(21)14-5-4-6-17(10-14)19(2)3/h4-7,10,15-16H,8-9,11-12H2,1-3H3. The number of nitrogens with zero attached hydrogens (tertiary/aromatic N) is 2. The molecule has 1 heterocycles. The van der Waals surface area contributed by atoms with Gasteiger partial charge in [-0.25, -0.2) is 0 Å². The lowest BCUT2D eigenvalue weighted by Gasteiger charge is -2.21. The smallest absolute Gasteiger partial charge is 0.253 e. The van der Waals surface area contributed by atoms with Crippen LogP contribution in [0.3, 0.4) is 0 Å². The molecule has 0 saturated carbocycles. The molecule has 21 heavy (non-hydrogen) atoms. The highest BCUT2D eigenvalue weighted by Crippen LogP contribution is 2.36. The van der Waals surface area contributed by atoms with E-state index in [0.29, 0.717) is 11.8 Å². The molecule has 3 nitrogen and oxygen atoms in total. The maximum atomic E-state index is 12.7. The highest BCUT2D eigenvalue weighted by atomic mass is 16.2. The summed E-state index contributed by atoms with van der Waals surface area (Å²) in [5.41, 5.74) is 3.37. The van der Waals surface area contributed by atoms with Crippen molar-refractivity contribution >= 4 is 11.6 Å². The van der Waals surface area contributed by atoms with Gasteiger partial charge in [-0.3, -0.25) is 4.79 Å². The second kappa shape index (κ2) is 5.55. The van der Waals surface area contributed by atoms with Crippen molar-refractivity contribution in [2.24, 2.45) is 11.8 Å². The number of hydrogen-bond donors (Lipinski definition) is 0. The number of allylic oxidation sites excluding steroid dienone is 2. The summed E-state index contributed by atoms with van der Waals surface area (Å²) in [6, 6.07) is 7.93. The molecule has 1 fully saturated rings. The van der Waals surface area contributed by atoms with Gasteiger partial charge in [0.15, 0.2) is 0 Å². The lowest BCUT2D eigenvalue weighted by molar-refractivity contribution is 0.0784. The average molecular weight is 284 g/mol. The normalized spacial score (nSPS) is 24.5. The van der Waals surface area contributed by atoms with E-state index in [4.69, 9.17) is 0 Å². The van der Waals surface area contributed by atoms with Gasteiger partial charge in [0, 0.05) is 38.4 Å². The molecule has 2 unspecified atom stereocenters. The van der Waals surface area contributed by atoms with Crippen molar-refractivity contribution in [2.45, 2.75) is 19.8 Å². The monoisotopic (exact) mass is 284 g/mol. The van der Waals surface area contributed by atoms with Crippen molar-refractivity contribution in [3.63, 3.8) is 0 Å². The zero-order valence-electron chi connectivity index (χ0n) is 13.2. The minimum Gasteiger partial charge on any atom is -0.378 e. The number of rotatable bonds is 2. The summed E-state index contributed by atoms with van der Waals surface area (Å²) >= 11 is 0. The van der Waals surface area contributed by atoms with E-state index in [0.717, 1.165) is 37.2 Å². The van der Waals surface area contributed by atoms with E-state index in [1.54, 1.807) is 0 Å². The van der Waals surface area contributed by atoms with Gasteiger partial charge in [0.05, 0.1) is 0 Å². The lowest BCUT2D eigenvalue weighted by Crippen LogP contribution is -2.29. The van der Waals surface area contributed by atoms with Gasteiger partial charge in [-0.05, 0) is 49.8 Å². The predicted molar refractivity (Wildman–Crippen MR) is 86.6 cm³/mol. The molecule has 1 saturated heterocycles. The number of likely N-dealkylation sites (tertiary alicyclic amines) is 1. The minimum atomic E-state index is 0.186. The van der Waals surface area contributed by atoms with Gasteiger partial charge < -0.3 is 9.80 Å². The van der Waals surface area contributed by atoms with Crippen LogP contribution in [0.25, 0.3) is 0 Å². The summed E-state index contributed by atoms with van der Waals surface area (Å²) in [5, 5.41) is 0. The summed E-state index contributed by atoms with van der Waals surface area (Å²) in [5.74, 6) is 1.51. The molecule has 3 rings (SSSR count). The van der Waals surface area contributed by atoms with E-state index >= 15 is 0 Å². The maximum absolute atomic E-state index is 12.7. The molecule has 1 amide bonds. The molecule has 1 aromatic carbocycles. The molecule has 0 bridgehead atoms. The summed E-state index contributed by atoms with van der Waals surface area (Å²) in [7, 11) is 4.00. The zero-order valence-corrected chi connectivity index (χ0v) is 13.2. The fraction of sp³-hybridized carbons (Fsp3) is 0.500. The summed E-state index contributed by atoms with van der Waals surface area (Å²) < 4.78 is 0. The third kappa shape index (κ3) is 2.82. The molecular weight excluding hydrogens is 260 g/mol. The number of carbonyl (C=O) groups excluding carboxylic acids is 1. The predicted octanol–water partition coefficient (Wildman–Crippen LogP) is 3.18. The Hall–Kier alpha value is -1.77. The lowest BCUT2D eigenvalue weighted by atomic mass is 9.83. The Balaban J connectivity index is 1.74. The number of carbonyl (C=O) groups is 1. The Morgan fingerprint density at radius 3 is 2.76 bits per heavy atom. The van der Waals surface area contributed by atoms with Crippen LogP contribution in [0.2, 0.25) is 0 Å². The summed E-state index contributed by atoms with van der Waals surface area (Å²) in [6.45, 7) is 4.04. The van der Waals surface area contributed by atoms with Crippen molar-refractivity contribution < 1.29 is 4.79 Å². The second-order valence-corrected chi connectivity index (χ2v) is 6.67. The van der Waals surface area contributed by atoms with E-state index in [2.05, 4.69) is 17.9 Å². The molecule has 1 aliphatic carbocycles. The van der Waals surface area contributed by atoms with Crippen LogP contribution in [0.4, 0.5) is 5.69 Å². The Morgan fingerprint density at radius 1 is 1.24 bits per heavy atom. The van der Waals surface area contributed by atoms with Gasteiger partial charge in [-0.15, -0.1) is 0 Å². The van der Waals surface area contributed by atoms with Gasteiger partial charge in [0.2, 0.25) is 0 Å². The number of amides is 1. The minimum absolute atomic E-state index is 0.186. The van der Waals surface area contributed by atoms with E-state index in [9.17, 15) is 4.79 Å². The van der Waals surface area contributed by atoms with Gasteiger partial charge in [0.25, 0.3) is 5.91 Å². The Kier molecular flexibility index (Phi) is 3.75. The fourth-order valence-electron chi connectivity index (χ4n) is 3.55. The number of hydrogen-bond acceptors (Lipinski definition) is 2. The molecule has 1 aromatic rings. The number of fused-ring (bicyclic) bond motifs is 1.